The lowest BCUT2D eigenvalue weighted by Gasteiger charge is -1.93. The van der Waals surface area contributed by atoms with Crippen molar-refractivity contribution >= 4 is 34.0 Å². The Kier molecular flexibility index (Phi) is 4.18. The molecule has 1 aromatic heterocycles. The number of amides is 1. The molecule has 1 rings (SSSR count). The van der Waals surface area contributed by atoms with Gasteiger partial charge in [-0.05, 0) is 12.8 Å². The van der Waals surface area contributed by atoms with Crippen LogP contribution in [0.2, 0.25) is 0 Å². The van der Waals surface area contributed by atoms with Crippen molar-refractivity contribution in [1.82, 2.24) is 4.98 Å². The van der Waals surface area contributed by atoms with Crippen molar-refractivity contribution < 1.29 is 4.79 Å². The van der Waals surface area contributed by atoms with Crippen molar-refractivity contribution in [2.45, 2.75) is 19.8 Å². The van der Waals surface area contributed by atoms with Crippen LogP contribution in [0.3, 0.4) is 0 Å². The van der Waals surface area contributed by atoms with Gasteiger partial charge in [0.15, 0.2) is 5.13 Å². The normalized spacial score (nSPS) is 10.0. The van der Waals surface area contributed by atoms with Gasteiger partial charge in [-0.1, -0.05) is 0 Å². The van der Waals surface area contributed by atoms with Crippen LogP contribution in [0, 0.1) is 0 Å². The highest BCUT2D eigenvalue weighted by Crippen LogP contribution is 2.16. The maximum Gasteiger partial charge on any atom is 0.223 e. The molecule has 0 aromatic carbocycles. The van der Waals surface area contributed by atoms with Crippen molar-refractivity contribution in [3.63, 3.8) is 0 Å². The molecule has 1 heterocycles. The monoisotopic (exact) mass is 218 g/mol. The molecule has 0 aliphatic carbocycles. The van der Waals surface area contributed by atoms with E-state index in [2.05, 4.69) is 10.3 Å². The van der Waals surface area contributed by atoms with Gasteiger partial charge < -0.3 is 5.32 Å². The number of thiazole rings is 1. The lowest BCUT2D eigenvalue weighted by atomic mass is 10.3. The van der Waals surface area contributed by atoms with E-state index >= 15 is 0 Å². The average Bonchev–Trinajstić information content (AvgIpc) is 2.48. The summed E-state index contributed by atoms with van der Waals surface area (Å²) in [6.45, 7) is 1.47. The molecule has 1 amide bonds. The van der Waals surface area contributed by atoms with Crippen LogP contribution in [0.5, 0.6) is 0 Å². The Morgan fingerprint density at radius 2 is 2.54 bits per heavy atom. The molecule has 0 atom stereocenters. The molecule has 0 radical (unpaired) electrons. The van der Waals surface area contributed by atoms with Crippen LogP contribution in [0.4, 0.5) is 5.13 Å². The number of aryl methyl sites for hydroxylation is 1. The minimum Gasteiger partial charge on any atom is -0.302 e. The first-order valence-electron chi connectivity index (χ1n) is 4.00. The molecule has 0 fully saturated rings. The summed E-state index contributed by atoms with van der Waals surface area (Å²) in [5.74, 6) is 0.561. The van der Waals surface area contributed by atoms with E-state index in [1.165, 1.54) is 18.3 Å². The summed E-state index contributed by atoms with van der Waals surface area (Å²) in [7, 11) is 0. The van der Waals surface area contributed by atoms with Crippen LogP contribution >= 0.6 is 22.9 Å². The number of carbonyl (C=O) groups excluding carboxylic acids is 1. The number of aromatic nitrogens is 1. The minimum absolute atomic E-state index is 0.0850. The van der Waals surface area contributed by atoms with E-state index in [0.717, 1.165) is 18.5 Å². The maximum atomic E-state index is 10.7. The van der Waals surface area contributed by atoms with Gasteiger partial charge in [0.05, 0.1) is 5.69 Å². The Morgan fingerprint density at radius 1 is 1.77 bits per heavy atom. The summed E-state index contributed by atoms with van der Waals surface area (Å²) < 4.78 is 0. The van der Waals surface area contributed by atoms with E-state index in [0.29, 0.717) is 11.0 Å². The second-order valence-corrected chi connectivity index (χ2v) is 3.85. The third-order valence-corrected chi connectivity index (χ3v) is 2.48. The molecule has 13 heavy (non-hydrogen) atoms. The molecule has 1 aromatic rings. The van der Waals surface area contributed by atoms with Crippen LogP contribution in [0.1, 0.15) is 19.0 Å². The first-order valence-corrected chi connectivity index (χ1v) is 5.41. The zero-order chi connectivity index (χ0) is 9.68. The van der Waals surface area contributed by atoms with Crippen molar-refractivity contribution in [3.8, 4) is 0 Å². The molecule has 0 bridgehead atoms. The Bertz CT molecular complexity index is 287. The molecule has 0 unspecified atom stereocenters. The van der Waals surface area contributed by atoms with Gasteiger partial charge in [-0.2, -0.15) is 0 Å². The predicted octanol–water partition coefficient (Wildman–Crippen LogP) is 2.27. The average molecular weight is 219 g/mol. The summed E-state index contributed by atoms with van der Waals surface area (Å²) in [4.78, 5) is 14.9. The lowest BCUT2D eigenvalue weighted by Crippen LogP contribution is -2.05. The SMILES string of the molecule is CC(=O)Nc1nc(CCCCl)cs1. The van der Waals surface area contributed by atoms with Gasteiger partial charge in [0.2, 0.25) is 5.91 Å². The molecule has 3 nitrogen and oxygen atoms in total. The van der Waals surface area contributed by atoms with Crippen LogP contribution in [-0.4, -0.2) is 16.8 Å². The molecular weight excluding hydrogens is 208 g/mol. The Morgan fingerprint density at radius 3 is 3.15 bits per heavy atom. The lowest BCUT2D eigenvalue weighted by molar-refractivity contribution is -0.114. The molecule has 5 heteroatoms. The standard InChI is InChI=1S/C8H11ClN2OS/c1-6(12)10-8-11-7(5-13-8)3-2-4-9/h5H,2-4H2,1H3,(H,10,11,12). The molecule has 0 aliphatic rings. The van der Waals surface area contributed by atoms with Gasteiger partial charge in [0.1, 0.15) is 0 Å². The van der Waals surface area contributed by atoms with Crippen molar-refractivity contribution in [2.75, 3.05) is 11.2 Å². The fourth-order valence-corrected chi connectivity index (χ4v) is 1.80. The molecule has 0 spiro atoms. The highest BCUT2D eigenvalue weighted by Gasteiger charge is 2.02. The number of halogens is 1. The van der Waals surface area contributed by atoms with Crippen molar-refractivity contribution in [3.05, 3.63) is 11.1 Å². The number of nitrogens with one attached hydrogen (secondary N) is 1. The summed E-state index contributed by atoms with van der Waals surface area (Å²) in [5, 5.41) is 5.24. The number of nitrogens with zero attached hydrogens (tertiary/aromatic N) is 1. The number of alkyl halides is 1. The van der Waals surface area contributed by atoms with Crippen molar-refractivity contribution in [1.29, 1.82) is 0 Å². The Balaban J connectivity index is 2.48. The summed E-state index contributed by atoms with van der Waals surface area (Å²) >= 11 is 6.99. The Labute approximate surface area is 86.1 Å². The van der Waals surface area contributed by atoms with E-state index in [9.17, 15) is 4.79 Å². The van der Waals surface area contributed by atoms with Gasteiger partial charge in [0.25, 0.3) is 0 Å². The smallest absolute Gasteiger partial charge is 0.223 e. The molecule has 1 N–H and O–H groups in total. The number of carbonyl (C=O) groups is 1. The topological polar surface area (TPSA) is 42.0 Å². The highest BCUT2D eigenvalue weighted by molar-refractivity contribution is 7.13. The van der Waals surface area contributed by atoms with E-state index in [-0.39, 0.29) is 5.91 Å². The van der Waals surface area contributed by atoms with E-state index in [4.69, 9.17) is 11.6 Å². The number of hydrogen-bond acceptors (Lipinski definition) is 3. The van der Waals surface area contributed by atoms with E-state index in [1.807, 2.05) is 5.38 Å². The zero-order valence-corrected chi connectivity index (χ0v) is 8.91. The van der Waals surface area contributed by atoms with Gasteiger partial charge in [-0.3, -0.25) is 4.79 Å². The molecule has 0 aliphatic heterocycles. The largest absolute Gasteiger partial charge is 0.302 e. The zero-order valence-electron chi connectivity index (χ0n) is 7.34. The third-order valence-electron chi connectivity index (χ3n) is 1.40. The molecule has 0 saturated heterocycles. The second kappa shape index (κ2) is 5.19. The van der Waals surface area contributed by atoms with Gasteiger partial charge in [-0.25, -0.2) is 4.98 Å². The summed E-state index contributed by atoms with van der Waals surface area (Å²) in [6, 6.07) is 0. The van der Waals surface area contributed by atoms with Gasteiger partial charge in [-0.15, -0.1) is 22.9 Å². The minimum atomic E-state index is -0.0850. The predicted molar refractivity (Wildman–Crippen MR) is 55.5 cm³/mol. The van der Waals surface area contributed by atoms with Crippen LogP contribution in [0.15, 0.2) is 5.38 Å². The first kappa shape index (κ1) is 10.5. The third kappa shape index (κ3) is 3.74. The molecular formula is C8H11ClN2OS. The number of rotatable bonds is 4. The van der Waals surface area contributed by atoms with Crippen molar-refractivity contribution in [2.24, 2.45) is 0 Å². The van der Waals surface area contributed by atoms with E-state index < -0.39 is 0 Å². The fraction of sp³-hybridized carbons (Fsp3) is 0.500. The summed E-state index contributed by atoms with van der Waals surface area (Å²) in [6.07, 6.45) is 1.80. The van der Waals surface area contributed by atoms with Crippen LogP contribution in [0.25, 0.3) is 0 Å². The van der Waals surface area contributed by atoms with E-state index in [1.54, 1.807) is 0 Å². The number of hydrogen-bond donors (Lipinski definition) is 1. The molecule has 0 saturated carbocycles. The fourth-order valence-electron chi connectivity index (χ4n) is 0.878. The Hall–Kier alpha value is -0.610. The quantitative estimate of drug-likeness (QED) is 0.788. The van der Waals surface area contributed by atoms with Gasteiger partial charge in [0, 0.05) is 18.2 Å². The molecule has 72 valence electrons. The highest BCUT2D eigenvalue weighted by atomic mass is 35.5. The number of anilines is 1. The summed E-state index contributed by atoms with van der Waals surface area (Å²) in [5.41, 5.74) is 0.995. The first-order chi connectivity index (χ1) is 6.22. The van der Waals surface area contributed by atoms with Crippen LogP contribution < -0.4 is 5.32 Å². The van der Waals surface area contributed by atoms with Gasteiger partial charge >= 0.3 is 0 Å². The van der Waals surface area contributed by atoms with Crippen LogP contribution in [-0.2, 0) is 11.2 Å². The maximum absolute atomic E-state index is 10.7. The second-order valence-electron chi connectivity index (χ2n) is 2.62.